The average Bonchev–Trinajstić information content (AvgIpc) is 2.56. The van der Waals surface area contributed by atoms with Crippen molar-refractivity contribution in [2.75, 3.05) is 13.2 Å². The number of hydrogen-bond acceptors (Lipinski definition) is 4. The smallest absolute Gasteiger partial charge is 0.332 e. The molecule has 132 valence electrons. The lowest BCUT2D eigenvalue weighted by Crippen LogP contribution is -2.24. The normalized spacial score (nSPS) is 10.6. The van der Waals surface area contributed by atoms with E-state index in [-0.39, 0.29) is 0 Å². The van der Waals surface area contributed by atoms with E-state index >= 15 is 0 Å². The van der Waals surface area contributed by atoms with Crippen LogP contribution < -0.4 is 20.6 Å². The Morgan fingerprint density at radius 1 is 1.16 bits per heavy atom. The molecule has 25 heavy (non-hydrogen) atoms. The predicted octanol–water partition coefficient (Wildman–Crippen LogP) is 3.15. The lowest BCUT2D eigenvalue weighted by molar-refractivity contribution is 0.246. The molecule has 2 aromatic carbocycles. The second-order valence-corrected chi connectivity index (χ2v) is 5.63. The van der Waals surface area contributed by atoms with E-state index in [4.69, 9.17) is 15.2 Å². The Morgan fingerprint density at radius 2 is 1.96 bits per heavy atom. The van der Waals surface area contributed by atoms with E-state index in [1.54, 1.807) is 0 Å². The van der Waals surface area contributed by atoms with Crippen LogP contribution in [-0.2, 0) is 0 Å². The van der Waals surface area contributed by atoms with Gasteiger partial charge in [0.2, 0.25) is 0 Å². The number of urea groups is 1. The van der Waals surface area contributed by atoms with Gasteiger partial charge >= 0.3 is 6.03 Å². The number of hydrogen-bond donors (Lipinski definition) is 2. The van der Waals surface area contributed by atoms with Crippen LogP contribution in [0.3, 0.4) is 0 Å². The Hall–Kier alpha value is -3.02. The van der Waals surface area contributed by atoms with Crippen LogP contribution in [0, 0.1) is 13.8 Å². The van der Waals surface area contributed by atoms with E-state index in [9.17, 15) is 4.79 Å². The highest BCUT2D eigenvalue weighted by Gasteiger charge is 2.00. The number of benzene rings is 2. The third-order valence-corrected chi connectivity index (χ3v) is 3.39. The molecular formula is C19H23N3O3. The van der Waals surface area contributed by atoms with Crippen LogP contribution in [-0.4, -0.2) is 25.5 Å². The summed E-state index contributed by atoms with van der Waals surface area (Å²) in [4.78, 5) is 10.6. The Kier molecular flexibility index (Phi) is 6.83. The van der Waals surface area contributed by atoms with Crippen LogP contribution in [0.4, 0.5) is 4.79 Å². The SMILES string of the molecule is Cc1ccc(OCCCOc2cccc(/C=N\NC(N)=O)c2)c(C)c1. The summed E-state index contributed by atoms with van der Waals surface area (Å²) in [5.74, 6) is 1.64. The minimum Gasteiger partial charge on any atom is -0.493 e. The molecule has 0 radical (unpaired) electrons. The summed E-state index contributed by atoms with van der Waals surface area (Å²) in [6.07, 6.45) is 2.27. The van der Waals surface area contributed by atoms with Gasteiger partial charge in [0.25, 0.3) is 0 Å². The standard InChI is InChI=1S/C19H23N3O3/c1-14-7-8-18(15(2)11-14)25-10-4-9-24-17-6-3-5-16(12-17)13-21-22-19(20)23/h3,5-8,11-13H,4,9-10H2,1-2H3,(H3,20,22,23)/b21-13-. The average molecular weight is 341 g/mol. The molecule has 2 aromatic rings. The largest absolute Gasteiger partial charge is 0.493 e. The summed E-state index contributed by atoms with van der Waals surface area (Å²) in [5.41, 5.74) is 10.3. The second-order valence-electron chi connectivity index (χ2n) is 5.63. The summed E-state index contributed by atoms with van der Waals surface area (Å²) < 4.78 is 11.5. The van der Waals surface area contributed by atoms with Gasteiger partial charge in [0, 0.05) is 6.42 Å². The van der Waals surface area contributed by atoms with E-state index in [1.165, 1.54) is 11.8 Å². The number of nitrogens with two attached hydrogens (primary N) is 1. The number of ether oxygens (including phenoxy) is 2. The Morgan fingerprint density at radius 3 is 2.72 bits per heavy atom. The number of primary amides is 1. The van der Waals surface area contributed by atoms with Crippen LogP contribution in [0.25, 0.3) is 0 Å². The van der Waals surface area contributed by atoms with Gasteiger partial charge in [-0.15, -0.1) is 0 Å². The first kappa shape index (κ1) is 18.3. The summed E-state index contributed by atoms with van der Waals surface area (Å²) in [7, 11) is 0. The van der Waals surface area contributed by atoms with Gasteiger partial charge in [-0.2, -0.15) is 5.10 Å². The molecule has 0 bridgehead atoms. The zero-order valence-corrected chi connectivity index (χ0v) is 14.5. The molecule has 0 heterocycles. The van der Waals surface area contributed by atoms with Crippen molar-refractivity contribution in [2.45, 2.75) is 20.3 Å². The Bertz CT molecular complexity index is 744. The number of carbonyl (C=O) groups excluding carboxylic acids is 1. The van der Waals surface area contributed by atoms with Crippen LogP contribution in [0.5, 0.6) is 11.5 Å². The summed E-state index contributed by atoms with van der Waals surface area (Å²) in [6, 6.07) is 12.8. The molecule has 2 rings (SSSR count). The van der Waals surface area contributed by atoms with E-state index in [2.05, 4.69) is 23.5 Å². The maximum Gasteiger partial charge on any atom is 0.332 e. The molecule has 0 aromatic heterocycles. The lowest BCUT2D eigenvalue weighted by atomic mass is 10.1. The van der Waals surface area contributed by atoms with Crippen molar-refractivity contribution in [1.82, 2.24) is 5.43 Å². The number of rotatable bonds is 8. The Balaban J connectivity index is 1.74. The summed E-state index contributed by atoms with van der Waals surface area (Å²) in [5, 5.41) is 3.71. The topological polar surface area (TPSA) is 85.9 Å². The fourth-order valence-electron chi connectivity index (χ4n) is 2.25. The van der Waals surface area contributed by atoms with Gasteiger partial charge < -0.3 is 15.2 Å². The molecule has 6 heteroatoms. The molecule has 0 aliphatic carbocycles. The minimum atomic E-state index is -0.701. The van der Waals surface area contributed by atoms with Crippen LogP contribution in [0.15, 0.2) is 47.6 Å². The molecule has 3 N–H and O–H groups in total. The van der Waals surface area contributed by atoms with Crippen molar-refractivity contribution in [2.24, 2.45) is 10.8 Å². The highest BCUT2D eigenvalue weighted by atomic mass is 16.5. The molecule has 0 aliphatic heterocycles. The molecular weight excluding hydrogens is 318 g/mol. The first-order chi connectivity index (χ1) is 12.0. The molecule has 0 atom stereocenters. The maximum absolute atomic E-state index is 10.6. The van der Waals surface area contributed by atoms with Crippen LogP contribution >= 0.6 is 0 Å². The van der Waals surface area contributed by atoms with E-state index < -0.39 is 6.03 Å². The van der Waals surface area contributed by atoms with Crippen molar-refractivity contribution < 1.29 is 14.3 Å². The van der Waals surface area contributed by atoms with Crippen molar-refractivity contribution >= 4 is 12.2 Å². The van der Waals surface area contributed by atoms with E-state index in [1.807, 2.05) is 43.3 Å². The Labute approximate surface area is 147 Å². The molecule has 0 spiro atoms. The van der Waals surface area contributed by atoms with Crippen LogP contribution in [0.2, 0.25) is 0 Å². The number of hydrazone groups is 1. The third kappa shape index (κ3) is 6.55. The molecule has 0 fully saturated rings. The van der Waals surface area contributed by atoms with E-state index in [0.29, 0.717) is 13.2 Å². The molecule has 0 aliphatic rings. The summed E-state index contributed by atoms with van der Waals surface area (Å²) >= 11 is 0. The number of nitrogens with zero attached hydrogens (tertiary/aromatic N) is 1. The van der Waals surface area contributed by atoms with Gasteiger partial charge in [-0.25, -0.2) is 10.2 Å². The fraction of sp³-hybridized carbons (Fsp3) is 0.263. The highest BCUT2D eigenvalue weighted by Crippen LogP contribution is 2.19. The van der Waals surface area contributed by atoms with Crippen molar-refractivity contribution in [3.8, 4) is 11.5 Å². The first-order valence-corrected chi connectivity index (χ1v) is 8.06. The highest BCUT2D eigenvalue weighted by molar-refractivity contribution is 5.81. The third-order valence-electron chi connectivity index (χ3n) is 3.39. The minimum absolute atomic E-state index is 0.547. The number of aryl methyl sites for hydroxylation is 2. The maximum atomic E-state index is 10.6. The van der Waals surface area contributed by atoms with Gasteiger partial charge in [-0.3, -0.25) is 0 Å². The van der Waals surface area contributed by atoms with Crippen molar-refractivity contribution in [3.63, 3.8) is 0 Å². The van der Waals surface area contributed by atoms with Gasteiger partial charge in [0.1, 0.15) is 11.5 Å². The molecule has 0 unspecified atom stereocenters. The van der Waals surface area contributed by atoms with Gasteiger partial charge in [0.05, 0.1) is 19.4 Å². The zero-order valence-electron chi connectivity index (χ0n) is 14.5. The van der Waals surface area contributed by atoms with Gasteiger partial charge in [0.15, 0.2) is 0 Å². The molecule has 6 nitrogen and oxygen atoms in total. The summed E-state index contributed by atoms with van der Waals surface area (Å²) in [6.45, 7) is 5.24. The van der Waals surface area contributed by atoms with Gasteiger partial charge in [-0.1, -0.05) is 29.8 Å². The van der Waals surface area contributed by atoms with Crippen molar-refractivity contribution in [3.05, 3.63) is 59.2 Å². The quantitative estimate of drug-likeness (QED) is 0.439. The molecule has 0 saturated carbocycles. The van der Waals surface area contributed by atoms with E-state index in [0.717, 1.165) is 29.0 Å². The molecule has 2 amide bonds. The molecule has 0 saturated heterocycles. The predicted molar refractivity (Wildman–Crippen MR) is 98.3 cm³/mol. The number of nitrogens with one attached hydrogen (secondary N) is 1. The first-order valence-electron chi connectivity index (χ1n) is 8.06. The van der Waals surface area contributed by atoms with Gasteiger partial charge in [-0.05, 0) is 43.2 Å². The fourth-order valence-corrected chi connectivity index (χ4v) is 2.25. The monoisotopic (exact) mass is 341 g/mol. The van der Waals surface area contributed by atoms with Crippen LogP contribution in [0.1, 0.15) is 23.1 Å². The van der Waals surface area contributed by atoms with Crippen molar-refractivity contribution in [1.29, 1.82) is 0 Å². The number of carbonyl (C=O) groups is 1. The lowest BCUT2D eigenvalue weighted by Gasteiger charge is -2.10. The second kappa shape index (κ2) is 9.32. The number of amides is 2. The zero-order chi connectivity index (χ0) is 18.1.